The lowest BCUT2D eigenvalue weighted by atomic mass is 10.2. The van der Waals surface area contributed by atoms with E-state index in [1.807, 2.05) is 6.07 Å². The highest BCUT2D eigenvalue weighted by Gasteiger charge is 2.17. The SMILES string of the molecule is O=c1c2ccc(Cl)cc2n2c3cc(Br)ccc3c(=O)n12. The highest BCUT2D eigenvalue weighted by Crippen LogP contribution is 2.22. The van der Waals surface area contributed by atoms with Crippen LogP contribution in [0.5, 0.6) is 0 Å². The number of nitrogens with zero attached hydrogens (tertiary/aromatic N) is 2. The van der Waals surface area contributed by atoms with E-state index in [2.05, 4.69) is 15.9 Å². The summed E-state index contributed by atoms with van der Waals surface area (Å²) in [5.74, 6) is 0. The number of hydrogen-bond donors (Lipinski definition) is 0. The first kappa shape index (κ1) is 11.9. The first-order valence-electron chi connectivity index (χ1n) is 5.86. The minimum Gasteiger partial charge on any atom is -0.267 e. The molecule has 20 heavy (non-hydrogen) atoms. The van der Waals surface area contributed by atoms with Gasteiger partial charge < -0.3 is 0 Å². The van der Waals surface area contributed by atoms with Gasteiger partial charge in [0.2, 0.25) is 0 Å². The van der Waals surface area contributed by atoms with E-state index in [-0.39, 0.29) is 11.1 Å². The topological polar surface area (TPSA) is 43.0 Å². The van der Waals surface area contributed by atoms with E-state index in [9.17, 15) is 9.59 Å². The molecule has 2 aromatic heterocycles. The fraction of sp³-hybridized carbons (Fsp3) is 0. The maximum atomic E-state index is 12.4. The number of rotatable bonds is 0. The Morgan fingerprint density at radius 1 is 0.850 bits per heavy atom. The van der Waals surface area contributed by atoms with Crippen molar-refractivity contribution in [3.05, 3.63) is 66.6 Å². The Labute approximate surface area is 125 Å². The number of halogens is 2. The zero-order valence-electron chi connectivity index (χ0n) is 9.93. The molecule has 4 aromatic rings. The molecule has 98 valence electrons. The van der Waals surface area contributed by atoms with Crippen molar-refractivity contribution in [3.63, 3.8) is 0 Å². The number of hydrogen-bond acceptors (Lipinski definition) is 2. The summed E-state index contributed by atoms with van der Waals surface area (Å²) in [6.45, 7) is 0. The highest BCUT2D eigenvalue weighted by atomic mass is 79.9. The van der Waals surface area contributed by atoms with Crippen LogP contribution in [0, 0.1) is 0 Å². The lowest BCUT2D eigenvalue weighted by molar-refractivity contribution is 0.841. The summed E-state index contributed by atoms with van der Waals surface area (Å²) in [5, 5.41) is 1.51. The third kappa shape index (κ3) is 1.36. The van der Waals surface area contributed by atoms with Crippen LogP contribution in [0.1, 0.15) is 0 Å². The van der Waals surface area contributed by atoms with Crippen LogP contribution in [0.25, 0.3) is 21.8 Å². The van der Waals surface area contributed by atoms with Crippen molar-refractivity contribution < 1.29 is 0 Å². The summed E-state index contributed by atoms with van der Waals surface area (Å²) in [6.07, 6.45) is 0. The summed E-state index contributed by atoms with van der Waals surface area (Å²) in [7, 11) is 0. The molecule has 4 rings (SSSR count). The molecule has 0 fully saturated rings. The Balaban J connectivity index is 2.46. The molecule has 0 aliphatic carbocycles. The van der Waals surface area contributed by atoms with Gasteiger partial charge in [-0.25, -0.2) is 4.52 Å². The van der Waals surface area contributed by atoms with Crippen LogP contribution < -0.4 is 11.1 Å². The van der Waals surface area contributed by atoms with Crippen LogP contribution in [0.4, 0.5) is 0 Å². The first-order chi connectivity index (χ1) is 9.58. The van der Waals surface area contributed by atoms with Crippen molar-refractivity contribution >= 4 is 49.3 Å². The zero-order valence-corrected chi connectivity index (χ0v) is 12.3. The summed E-state index contributed by atoms with van der Waals surface area (Å²) in [4.78, 5) is 24.7. The maximum absolute atomic E-state index is 12.4. The van der Waals surface area contributed by atoms with Gasteiger partial charge in [0.1, 0.15) is 0 Å². The third-order valence-corrected chi connectivity index (χ3v) is 4.15. The molecule has 0 N–H and O–H groups in total. The van der Waals surface area contributed by atoms with Gasteiger partial charge in [-0.05, 0) is 36.4 Å². The first-order valence-corrected chi connectivity index (χ1v) is 7.03. The second kappa shape index (κ2) is 3.84. The molecule has 4 nitrogen and oxygen atoms in total. The Kier molecular flexibility index (Phi) is 2.29. The van der Waals surface area contributed by atoms with Crippen LogP contribution >= 0.6 is 27.5 Å². The monoisotopic (exact) mass is 348 g/mol. The number of aromatic nitrogens is 2. The Bertz CT molecular complexity index is 1030. The van der Waals surface area contributed by atoms with E-state index in [0.29, 0.717) is 26.8 Å². The van der Waals surface area contributed by atoms with Gasteiger partial charge in [0, 0.05) is 9.50 Å². The van der Waals surface area contributed by atoms with Crippen LogP contribution in [-0.2, 0) is 0 Å². The van der Waals surface area contributed by atoms with Gasteiger partial charge in [-0.2, -0.15) is 4.52 Å². The lowest BCUT2D eigenvalue weighted by Gasteiger charge is -1.96. The van der Waals surface area contributed by atoms with Crippen molar-refractivity contribution in [3.8, 4) is 0 Å². The molecule has 0 saturated heterocycles. The molecule has 0 radical (unpaired) electrons. The van der Waals surface area contributed by atoms with Crippen LogP contribution in [0.2, 0.25) is 5.02 Å². The van der Waals surface area contributed by atoms with E-state index in [0.717, 1.165) is 8.99 Å². The Morgan fingerprint density at radius 3 is 2.15 bits per heavy atom. The second-order valence-corrected chi connectivity index (χ2v) is 5.91. The molecule has 0 aliphatic heterocycles. The molecule has 0 bridgehead atoms. The normalized spacial score (nSPS) is 11.9. The van der Waals surface area contributed by atoms with E-state index in [1.54, 1.807) is 34.8 Å². The van der Waals surface area contributed by atoms with E-state index in [4.69, 9.17) is 11.6 Å². The molecular formula is C14H6BrClN2O2. The predicted octanol–water partition coefficient (Wildman–Crippen LogP) is 2.92. The van der Waals surface area contributed by atoms with Crippen LogP contribution in [-0.4, -0.2) is 9.03 Å². The third-order valence-electron chi connectivity index (χ3n) is 3.42. The fourth-order valence-corrected chi connectivity index (χ4v) is 3.08. The highest BCUT2D eigenvalue weighted by molar-refractivity contribution is 9.10. The van der Waals surface area contributed by atoms with E-state index < -0.39 is 0 Å². The average Bonchev–Trinajstić information content (AvgIpc) is 2.85. The molecule has 6 heteroatoms. The smallest absolute Gasteiger partial charge is 0.267 e. The van der Waals surface area contributed by atoms with Gasteiger partial charge in [0.05, 0.1) is 21.8 Å². The molecule has 0 amide bonds. The molecular weight excluding hydrogens is 344 g/mol. The van der Waals surface area contributed by atoms with Crippen molar-refractivity contribution in [2.45, 2.75) is 0 Å². The largest absolute Gasteiger partial charge is 0.282 e. The summed E-state index contributed by atoms with van der Waals surface area (Å²) in [6, 6.07) is 10.3. The van der Waals surface area contributed by atoms with Crippen molar-refractivity contribution in [1.82, 2.24) is 9.03 Å². The molecule has 0 aliphatic rings. The summed E-state index contributed by atoms with van der Waals surface area (Å²) >= 11 is 9.39. The van der Waals surface area contributed by atoms with Gasteiger partial charge in [-0.3, -0.25) is 9.59 Å². The average molecular weight is 350 g/mol. The predicted molar refractivity (Wildman–Crippen MR) is 82.3 cm³/mol. The maximum Gasteiger partial charge on any atom is 0.282 e. The second-order valence-electron chi connectivity index (χ2n) is 4.56. The Hall–Kier alpha value is -1.85. The quantitative estimate of drug-likeness (QED) is 0.490. The summed E-state index contributed by atoms with van der Waals surface area (Å²) < 4.78 is 3.61. The summed E-state index contributed by atoms with van der Waals surface area (Å²) in [5.41, 5.74) is 0.672. The minimum atomic E-state index is -0.325. The van der Waals surface area contributed by atoms with Gasteiger partial charge in [0.15, 0.2) is 0 Å². The van der Waals surface area contributed by atoms with E-state index in [1.165, 1.54) is 0 Å². The van der Waals surface area contributed by atoms with Gasteiger partial charge >= 0.3 is 0 Å². The van der Waals surface area contributed by atoms with Crippen molar-refractivity contribution in [1.29, 1.82) is 0 Å². The van der Waals surface area contributed by atoms with Crippen LogP contribution in [0.15, 0.2) is 50.5 Å². The van der Waals surface area contributed by atoms with Crippen molar-refractivity contribution in [2.75, 3.05) is 0 Å². The standard InChI is InChI=1S/C14H6BrClN2O2/c15-7-1-3-9-11(5-7)17-12-6-8(16)2-4-10(12)14(20)18(17)13(9)19/h1-6H. The zero-order chi connectivity index (χ0) is 14.0. The molecule has 0 atom stereocenters. The number of benzene rings is 2. The van der Waals surface area contributed by atoms with Gasteiger partial charge in [-0.1, -0.05) is 27.5 Å². The van der Waals surface area contributed by atoms with Crippen LogP contribution in [0.3, 0.4) is 0 Å². The molecule has 2 aromatic carbocycles. The number of fused-ring (bicyclic) bond motifs is 5. The Morgan fingerprint density at radius 2 is 1.45 bits per heavy atom. The minimum absolute atomic E-state index is 0.315. The molecule has 2 heterocycles. The molecule has 0 unspecified atom stereocenters. The fourth-order valence-electron chi connectivity index (χ4n) is 2.57. The molecule has 0 saturated carbocycles. The van der Waals surface area contributed by atoms with Gasteiger partial charge in [0.25, 0.3) is 11.1 Å². The molecule has 0 spiro atoms. The lowest BCUT2D eigenvalue weighted by Crippen LogP contribution is -2.21. The van der Waals surface area contributed by atoms with Crippen molar-refractivity contribution in [2.24, 2.45) is 0 Å². The van der Waals surface area contributed by atoms with E-state index >= 15 is 0 Å². The van der Waals surface area contributed by atoms with Gasteiger partial charge in [-0.15, -0.1) is 0 Å².